The van der Waals surface area contributed by atoms with E-state index < -0.39 is 32.0 Å². The molecule has 1 fully saturated rings. The van der Waals surface area contributed by atoms with Crippen LogP contribution < -0.4 is 5.43 Å². The minimum absolute atomic E-state index is 0.0129. The molecule has 1 atom stereocenters. The number of sulfonamides is 2. The van der Waals surface area contributed by atoms with E-state index in [0.717, 1.165) is 13.1 Å². The molecule has 1 saturated heterocycles. The van der Waals surface area contributed by atoms with Crippen molar-refractivity contribution in [2.45, 2.75) is 15.8 Å². The Labute approximate surface area is 218 Å². The van der Waals surface area contributed by atoms with Crippen LogP contribution in [0.1, 0.15) is 5.56 Å². The number of rotatable bonds is 7. The van der Waals surface area contributed by atoms with Gasteiger partial charge in [-0.05, 0) is 30.3 Å². The van der Waals surface area contributed by atoms with E-state index in [1.807, 2.05) is 12.1 Å². The van der Waals surface area contributed by atoms with E-state index in [-0.39, 0.29) is 29.4 Å². The molecule has 3 aromatic rings. The van der Waals surface area contributed by atoms with Gasteiger partial charge in [0.1, 0.15) is 6.04 Å². The number of hydrazone groups is 1. The molecule has 0 saturated carbocycles. The number of piperazine rings is 1. The van der Waals surface area contributed by atoms with Crippen LogP contribution >= 0.6 is 15.9 Å². The van der Waals surface area contributed by atoms with Crippen LogP contribution in [0.2, 0.25) is 0 Å². The fraction of sp³-hybridized carbons (Fsp3) is 0.167. The lowest BCUT2D eigenvalue weighted by Gasteiger charge is -2.38. The summed E-state index contributed by atoms with van der Waals surface area (Å²) in [5.41, 5.74) is 3.07. The van der Waals surface area contributed by atoms with E-state index in [1.165, 1.54) is 30.5 Å². The maximum absolute atomic E-state index is 13.4. The lowest BCUT2D eigenvalue weighted by atomic mass is 10.2. The molecule has 12 heteroatoms. The number of hydrogen-bond donors (Lipinski definition) is 1. The van der Waals surface area contributed by atoms with Gasteiger partial charge < -0.3 is 0 Å². The van der Waals surface area contributed by atoms with Gasteiger partial charge in [-0.15, -0.1) is 0 Å². The van der Waals surface area contributed by atoms with Crippen molar-refractivity contribution in [1.82, 2.24) is 14.0 Å². The molecule has 188 valence electrons. The van der Waals surface area contributed by atoms with E-state index >= 15 is 0 Å². The zero-order valence-corrected chi connectivity index (χ0v) is 22.2. The van der Waals surface area contributed by atoms with Gasteiger partial charge >= 0.3 is 0 Å². The van der Waals surface area contributed by atoms with Crippen LogP contribution in [0.5, 0.6) is 0 Å². The summed E-state index contributed by atoms with van der Waals surface area (Å²) in [5.74, 6) is -0.745. The Morgan fingerprint density at radius 1 is 0.833 bits per heavy atom. The van der Waals surface area contributed by atoms with Crippen molar-refractivity contribution >= 4 is 48.1 Å². The van der Waals surface area contributed by atoms with Crippen molar-refractivity contribution in [2.75, 3.05) is 19.6 Å². The van der Waals surface area contributed by atoms with Crippen molar-refractivity contribution in [2.24, 2.45) is 5.10 Å². The molecule has 1 aliphatic heterocycles. The van der Waals surface area contributed by atoms with Crippen molar-refractivity contribution in [3.05, 3.63) is 95.0 Å². The fourth-order valence-electron chi connectivity index (χ4n) is 3.75. The van der Waals surface area contributed by atoms with Crippen molar-refractivity contribution < 1.29 is 21.6 Å². The molecule has 0 unspecified atom stereocenters. The van der Waals surface area contributed by atoms with Gasteiger partial charge in [0.2, 0.25) is 20.0 Å². The molecular weight excluding hydrogens is 568 g/mol. The molecule has 0 radical (unpaired) electrons. The van der Waals surface area contributed by atoms with E-state index in [4.69, 9.17) is 0 Å². The molecule has 1 amide bonds. The standard InChI is InChI=1S/C24H23BrN4O5S2/c25-22-14-8-7-9-19(22)17-26-27-24(30)23-18-28(35(31,32)20-10-3-1-4-11-20)15-16-29(23)36(33,34)21-12-5-2-6-13-21/h1-14,17,23H,15-16,18H2,(H,27,30)/b26-17-/t23-/m1/s1. The summed E-state index contributed by atoms with van der Waals surface area (Å²) >= 11 is 3.39. The molecule has 1 heterocycles. The monoisotopic (exact) mass is 590 g/mol. The van der Waals surface area contributed by atoms with Crippen LogP contribution in [0.4, 0.5) is 0 Å². The number of hydrogen-bond acceptors (Lipinski definition) is 6. The summed E-state index contributed by atoms with van der Waals surface area (Å²) < 4.78 is 56.1. The van der Waals surface area contributed by atoms with Crippen molar-refractivity contribution in [1.29, 1.82) is 0 Å². The van der Waals surface area contributed by atoms with Gasteiger partial charge in [0, 0.05) is 29.7 Å². The van der Waals surface area contributed by atoms with Gasteiger partial charge in [0.25, 0.3) is 5.91 Å². The average Bonchev–Trinajstić information content (AvgIpc) is 2.90. The number of benzene rings is 3. The maximum atomic E-state index is 13.4. The quantitative estimate of drug-likeness (QED) is 0.335. The number of amides is 1. The third-order valence-corrected chi connectivity index (χ3v) is 10.1. The summed E-state index contributed by atoms with van der Waals surface area (Å²) in [6, 6.07) is 21.4. The molecule has 0 bridgehead atoms. The second-order valence-corrected chi connectivity index (χ2v) is 12.6. The molecule has 0 spiro atoms. The molecular formula is C24H23BrN4O5S2. The summed E-state index contributed by atoms with van der Waals surface area (Å²) in [6.45, 7) is -0.664. The Bertz CT molecular complexity index is 1470. The van der Waals surface area contributed by atoms with Gasteiger partial charge in [0.05, 0.1) is 16.0 Å². The number of nitrogens with zero attached hydrogens (tertiary/aromatic N) is 3. The summed E-state index contributed by atoms with van der Waals surface area (Å²) in [5, 5.41) is 3.97. The number of nitrogens with one attached hydrogen (secondary N) is 1. The van der Waals surface area contributed by atoms with Gasteiger partial charge in [-0.25, -0.2) is 22.3 Å². The Kier molecular flexibility index (Phi) is 8.00. The third kappa shape index (κ3) is 5.57. The van der Waals surface area contributed by atoms with Gasteiger partial charge in [-0.2, -0.15) is 13.7 Å². The maximum Gasteiger partial charge on any atom is 0.259 e. The second kappa shape index (κ2) is 11.0. The number of halogens is 1. The first-order chi connectivity index (χ1) is 17.2. The zero-order valence-electron chi connectivity index (χ0n) is 18.9. The van der Waals surface area contributed by atoms with Crippen LogP contribution in [0.25, 0.3) is 0 Å². The summed E-state index contributed by atoms with van der Waals surface area (Å²) in [6.07, 6.45) is 1.42. The smallest absolute Gasteiger partial charge is 0.259 e. The molecule has 1 N–H and O–H groups in total. The molecule has 0 aliphatic carbocycles. The van der Waals surface area contributed by atoms with Crippen LogP contribution in [-0.4, -0.2) is 63.2 Å². The van der Waals surface area contributed by atoms with Crippen molar-refractivity contribution in [3.63, 3.8) is 0 Å². The normalized spacial score (nSPS) is 17.8. The Morgan fingerprint density at radius 2 is 1.39 bits per heavy atom. The first kappa shape index (κ1) is 26.2. The second-order valence-electron chi connectivity index (χ2n) is 7.88. The highest BCUT2D eigenvalue weighted by atomic mass is 79.9. The fourth-order valence-corrected chi connectivity index (χ4v) is 7.19. The first-order valence-corrected chi connectivity index (χ1v) is 14.6. The zero-order chi connectivity index (χ0) is 25.8. The lowest BCUT2D eigenvalue weighted by Crippen LogP contribution is -2.60. The van der Waals surface area contributed by atoms with Crippen LogP contribution in [0, 0.1) is 0 Å². The van der Waals surface area contributed by atoms with E-state index in [1.54, 1.807) is 48.5 Å². The topological polar surface area (TPSA) is 116 Å². The van der Waals surface area contributed by atoms with Gasteiger partial charge in [0.15, 0.2) is 0 Å². The highest BCUT2D eigenvalue weighted by Gasteiger charge is 2.43. The minimum Gasteiger partial charge on any atom is -0.271 e. The molecule has 0 aromatic heterocycles. The minimum atomic E-state index is -4.08. The third-order valence-electron chi connectivity index (χ3n) is 5.61. The molecule has 9 nitrogen and oxygen atoms in total. The molecule has 3 aromatic carbocycles. The first-order valence-electron chi connectivity index (χ1n) is 10.9. The Balaban J connectivity index is 1.63. The molecule has 1 aliphatic rings. The van der Waals surface area contributed by atoms with Crippen LogP contribution in [-0.2, 0) is 24.8 Å². The van der Waals surface area contributed by atoms with E-state index in [0.29, 0.717) is 5.56 Å². The Hall–Kier alpha value is -2.90. The molecule has 36 heavy (non-hydrogen) atoms. The average molecular weight is 592 g/mol. The van der Waals surface area contributed by atoms with Crippen LogP contribution in [0.3, 0.4) is 0 Å². The number of carbonyl (C=O) groups excluding carboxylic acids is 1. The predicted octanol–water partition coefficient (Wildman–Crippen LogP) is 2.66. The lowest BCUT2D eigenvalue weighted by molar-refractivity contribution is -0.125. The number of carbonyl (C=O) groups is 1. The van der Waals surface area contributed by atoms with E-state index in [9.17, 15) is 21.6 Å². The van der Waals surface area contributed by atoms with Crippen LogP contribution in [0.15, 0.2) is 104 Å². The van der Waals surface area contributed by atoms with Gasteiger partial charge in [-0.1, -0.05) is 70.5 Å². The predicted molar refractivity (Wildman–Crippen MR) is 139 cm³/mol. The molecule has 4 rings (SSSR count). The van der Waals surface area contributed by atoms with Crippen molar-refractivity contribution in [3.8, 4) is 0 Å². The highest BCUT2D eigenvalue weighted by molar-refractivity contribution is 9.10. The largest absolute Gasteiger partial charge is 0.271 e. The SMILES string of the molecule is O=C(N/N=C\c1ccccc1Br)[C@H]1CN(S(=O)(=O)c2ccccc2)CCN1S(=O)(=O)c1ccccc1. The van der Waals surface area contributed by atoms with Gasteiger partial charge in [-0.3, -0.25) is 4.79 Å². The highest BCUT2D eigenvalue weighted by Crippen LogP contribution is 2.25. The summed E-state index contributed by atoms with van der Waals surface area (Å²) in [4.78, 5) is 13.3. The Morgan fingerprint density at radius 3 is 2.00 bits per heavy atom. The summed E-state index contributed by atoms with van der Waals surface area (Å²) in [7, 11) is -8.03. The van der Waals surface area contributed by atoms with E-state index in [2.05, 4.69) is 26.5 Å².